The predicted molar refractivity (Wildman–Crippen MR) is 111 cm³/mol. The molecular formula is C21H27N3O6. The predicted octanol–water partition coefficient (Wildman–Crippen LogP) is 2.92. The van der Waals surface area contributed by atoms with Crippen molar-refractivity contribution in [2.75, 3.05) is 30.4 Å². The van der Waals surface area contributed by atoms with Gasteiger partial charge >= 0.3 is 6.09 Å². The molecule has 3 amide bonds. The van der Waals surface area contributed by atoms with Crippen molar-refractivity contribution in [2.24, 2.45) is 0 Å². The first-order valence-corrected chi connectivity index (χ1v) is 9.85. The summed E-state index contributed by atoms with van der Waals surface area (Å²) in [6.07, 6.45) is 1.80. The second-order valence-corrected chi connectivity index (χ2v) is 8.05. The zero-order chi connectivity index (χ0) is 21.9. The standard InChI is InChI=1S/C21H27N3O6/c1-5-18(25)24-8-6-7-15(24)19(26)22-13-11-16-17(29-10-9-28-16)12-14(13)23-20(27)30-21(2,3)4/h5,11-12,15H,1,6-10H2,2-4H3,(H,22,26)(H,23,27). The van der Waals surface area contributed by atoms with E-state index in [1.807, 2.05) is 0 Å². The minimum Gasteiger partial charge on any atom is -0.486 e. The van der Waals surface area contributed by atoms with Gasteiger partial charge in [0.25, 0.3) is 0 Å². The van der Waals surface area contributed by atoms with E-state index in [1.165, 1.54) is 11.0 Å². The molecule has 0 radical (unpaired) electrons. The van der Waals surface area contributed by atoms with Crippen LogP contribution in [0.5, 0.6) is 11.5 Å². The summed E-state index contributed by atoms with van der Waals surface area (Å²) in [5.74, 6) is 0.264. The van der Waals surface area contributed by atoms with Crippen molar-refractivity contribution in [3.8, 4) is 11.5 Å². The number of hydrogen-bond acceptors (Lipinski definition) is 6. The number of nitrogens with zero attached hydrogens (tertiary/aromatic N) is 1. The Morgan fingerprint density at radius 2 is 1.73 bits per heavy atom. The van der Waals surface area contributed by atoms with Crippen LogP contribution in [-0.4, -0.2) is 54.2 Å². The van der Waals surface area contributed by atoms with Crippen molar-refractivity contribution < 1.29 is 28.6 Å². The van der Waals surface area contributed by atoms with Gasteiger partial charge < -0.3 is 24.4 Å². The summed E-state index contributed by atoms with van der Waals surface area (Å²) in [5, 5.41) is 5.46. The number of anilines is 2. The topological polar surface area (TPSA) is 106 Å². The van der Waals surface area contributed by atoms with E-state index in [4.69, 9.17) is 14.2 Å². The number of rotatable bonds is 4. The van der Waals surface area contributed by atoms with Gasteiger partial charge in [-0.25, -0.2) is 4.79 Å². The molecule has 1 saturated heterocycles. The van der Waals surface area contributed by atoms with Gasteiger partial charge in [0.05, 0.1) is 11.4 Å². The van der Waals surface area contributed by atoms with Crippen LogP contribution in [0.3, 0.4) is 0 Å². The molecule has 0 saturated carbocycles. The molecule has 2 aliphatic rings. The molecule has 1 unspecified atom stereocenters. The van der Waals surface area contributed by atoms with E-state index in [2.05, 4.69) is 17.2 Å². The molecule has 2 aliphatic heterocycles. The van der Waals surface area contributed by atoms with Gasteiger partial charge in [-0.15, -0.1) is 0 Å². The monoisotopic (exact) mass is 417 g/mol. The molecule has 0 aromatic heterocycles. The van der Waals surface area contributed by atoms with Gasteiger partial charge in [-0.3, -0.25) is 14.9 Å². The third-order valence-electron chi connectivity index (χ3n) is 4.59. The average molecular weight is 417 g/mol. The highest BCUT2D eigenvalue weighted by Gasteiger charge is 2.33. The second kappa shape index (κ2) is 8.64. The molecule has 1 aromatic carbocycles. The van der Waals surface area contributed by atoms with Crippen molar-refractivity contribution in [1.82, 2.24) is 4.90 Å². The Bertz CT molecular complexity index is 861. The molecule has 9 nitrogen and oxygen atoms in total. The van der Waals surface area contributed by atoms with Crippen LogP contribution >= 0.6 is 0 Å². The third-order valence-corrected chi connectivity index (χ3v) is 4.59. The Hall–Kier alpha value is -3.23. The molecule has 0 aliphatic carbocycles. The summed E-state index contributed by atoms with van der Waals surface area (Å²) in [6.45, 7) is 10.0. The number of fused-ring (bicyclic) bond motifs is 1. The molecular weight excluding hydrogens is 390 g/mol. The maximum Gasteiger partial charge on any atom is 0.412 e. The van der Waals surface area contributed by atoms with E-state index < -0.39 is 17.7 Å². The van der Waals surface area contributed by atoms with E-state index in [0.717, 1.165) is 6.42 Å². The maximum atomic E-state index is 12.9. The summed E-state index contributed by atoms with van der Waals surface area (Å²) in [4.78, 5) is 38.7. The summed E-state index contributed by atoms with van der Waals surface area (Å²) < 4.78 is 16.5. The Labute approximate surface area is 175 Å². The van der Waals surface area contributed by atoms with Crippen LogP contribution in [-0.2, 0) is 14.3 Å². The van der Waals surface area contributed by atoms with Crippen LogP contribution in [0.2, 0.25) is 0 Å². The van der Waals surface area contributed by atoms with Crippen LogP contribution in [0.4, 0.5) is 16.2 Å². The minimum atomic E-state index is -0.684. The fraction of sp³-hybridized carbons (Fsp3) is 0.476. The molecule has 1 fully saturated rings. The Morgan fingerprint density at radius 1 is 1.13 bits per heavy atom. The number of carbonyl (C=O) groups excluding carboxylic acids is 3. The molecule has 9 heteroatoms. The first-order valence-electron chi connectivity index (χ1n) is 9.85. The highest BCUT2D eigenvalue weighted by Crippen LogP contribution is 2.39. The SMILES string of the molecule is C=CC(=O)N1CCCC1C(=O)Nc1cc2c(cc1NC(=O)OC(C)(C)C)OCCO2. The van der Waals surface area contributed by atoms with Crippen molar-refractivity contribution >= 4 is 29.3 Å². The van der Waals surface area contributed by atoms with Gasteiger partial charge in [0.1, 0.15) is 24.9 Å². The lowest BCUT2D eigenvalue weighted by molar-refractivity contribution is -0.132. The van der Waals surface area contributed by atoms with E-state index in [9.17, 15) is 14.4 Å². The molecule has 0 spiro atoms. The van der Waals surface area contributed by atoms with Gasteiger partial charge in [-0.1, -0.05) is 6.58 Å². The van der Waals surface area contributed by atoms with Crippen molar-refractivity contribution in [3.05, 3.63) is 24.8 Å². The fourth-order valence-corrected chi connectivity index (χ4v) is 3.35. The zero-order valence-corrected chi connectivity index (χ0v) is 17.4. The maximum absolute atomic E-state index is 12.9. The first-order chi connectivity index (χ1) is 14.2. The van der Waals surface area contributed by atoms with Gasteiger partial charge in [-0.05, 0) is 39.7 Å². The fourth-order valence-electron chi connectivity index (χ4n) is 3.35. The van der Waals surface area contributed by atoms with E-state index in [1.54, 1.807) is 32.9 Å². The number of carbonyl (C=O) groups is 3. The van der Waals surface area contributed by atoms with Gasteiger partial charge in [0.15, 0.2) is 11.5 Å². The molecule has 1 aromatic rings. The van der Waals surface area contributed by atoms with Crippen LogP contribution in [0.15, 0.2) is 24.8 Å². The number of amides is 3. The molecule has 1 atom stereocenters. The van der Waals surface area contributed by atoms with E-state index in [-0.39, 0.29) is 11.8 Å². The molecule has 2 heterocycles. The third kappa shape index (κ3) is 5.03. The lowest BCUT2D eigenvalue weighted by Crippen LogP contribution is -2.42. The van der Waals surface area contributed by atoms with Crippen LogP contribution in [0, 0.1) is 0 Å². The summed E-state index contributed by atoms with van der Waals surface area (Å²) in [5.41, 5.74) is -0.0501. The Kier molecular flexibility index (Phi) is 6.19. The van der Waals surface area contributed by atoms with Crippen molar-refractivity contribution in [1.29, 1.82) is 0 Å². The van der Waals surface area contributed by atoms with E-state index in [0.29, 0.717) is 49.1 Å². The summed E-state index contributed by atoms with van der Waals surface area (Å²) in [7, 11) is 0. The van der Waals surface area contributed by atoms with Crippen LogP contribution in [0.1, 0.15) is 33.6 Å². The Balaban J connectivity index is 1.84. The quantitative estimate of drug-likeness (QED) is 0.730. The smallest absolute Gasteiger partial charge is 0.412 e. The molecule has 2 N–H and O–H groups in total. The summed E-state index contributed by atoms with van der Waals surface area (Å²) >= 11 is 0. The normalized spacial score (nSPS) is 17.8. The van der Waals surface area contributed by atoms with Gasteiger partial charge in [-0.2, -0.15) is 0 Å². The van der Waals surface area contributed by atoms with Gasteiger partial charge in [0.2, 0.25) is 11.8 Å². The average Bonchev–Trinajstić information content (AvgIpc) is 3.16. The lowest BCUT2D eigenvalue weighted by atomic mass is 10.1. The molecule has 0 bridgehead atoms. The molecule has 30 heavy (non-hydrogen) atoms. The number of nitrogens with one attached hydrogen (secondary N) is 2. The lowest BCUT2D eigenvalue weighted by Gasteiger charge is -2.25. The number of likely N-dealkylation sites (tertiary alicyclic amines) is 1. The number of benzene rings is 1. The van der Waals surface area contributed by atoms with Crippen LogP contribution < -0.4 is 20.1 Å². The van der Waals surface area contributed by atoms with E-state index >= 15 is 0 Å². The van der Waals surface area contributed by atoms with Crippen molar-refractivity contribution in [2.45, 2.75) is 45.3 Å². The Morgan fingerprint density at radius 3 is 2.30 bits per heavy atom. The highest BCUT2D eigenvalue weighted by atomic mass is 16.6. The number of hydrogen-bond donors (Lipinski definition) is 2. The highest BCUT2D eigenvalue weighted by molar-refractivity contribution is 6.03. The molecule has 3 rings (SSSR count). The first kappa shape index (κ1) is 21.5. The zero-order valence-electron chi connectivity index (χ0n) is 17.4. The number of ether oxygens (including phenoxy) is 3. The van der Waals surface area contributed by atoms with Crippen molar-refractivity contribution in [3.63, 3.8) is 0 Å². The van der Waals surface area contributed by atoms with Crippen LogP contribution in [0.25, 0.3) is 0 Å². The second-order valence-electron chi connectivity index (χ2n) is 8.05. The van der Waals surface area contributed by atoms with Gasteiger partial charge in [0, 0.05) is 18.7 Å². The molecule has 162 valence electrons. The largest absolute Gasteiger partial charge is 0.486 e. The summed E-state index contributed by atoms with van der Waals surface area (Å²) in [6, 6.07) is 2.56. The minimum absolute atomic E-state index is 0.290.